The Morgan fingerprint density at radius 2 is 1.94 bits per heavy atom. The summed E-state index contributed by atoms with van der Waals surface area (Å²) in [4.78, 5) is 9.75. The molecule has 0 bridgehead atoms. The second-order valence-electron chi connectivity index (χ2n) is 3.50. The lowest BCUT2D eigenvalue weighted by Gasteiger charge is -2.01. The van der Waals surface area contributed by atoms with Crippen LogP contribution in [0.2, 0.25) is 0 Å². The van der Waals surface area contributed by atoms with Gasteiger partial charge in [0.25, 0.3) is 0 Å². The normalized spacial score (nSPS) is 10.3. The van der Waals surface area contributed by atoms with E-state index in [4.69, 9.17) is 5.26 Å². The third-order valence-corrected chi connectivity index (χ3v) is 3.32. The lowest BCUT2D eigenvalue weighted by atomic mass is 10.2. The molecule has 1 aromatic carbocycles. The number of thiophene rings is 1. The molecule has 0 saturated heterocycles. The zero-order valence-electron chi connectivity index (χ0n) is 8.79. The van der Waals surface area contributed by atoms with E-state index in [0.717, 1.165) is 15.8 Å². The maximum Gasteiger partial charge on any atom is 0.171 e. The summed E-state index contributed by atoms with van der Waals surface area (Å²) < 4.78 is 0. The number of rotatable bonds is 1. The van der Waals surface area contributed by atoms with Crippen molar-refractivity contribution >= 4 is 22.2 Å². The van der Waals surface area contributed by atoms with E-state index in [9.17, 15) is 0 Å². The minimum Gasteiger partial charge on any atom is -0.227 e. The van der Waals surface area contributed by atoms with Crippen molar-refractivity contribution in [2.24, 2.45) is 0 Å². The van der Waals surface area contributed by atoms with Crippen LogP contribution < -0.4 is 0 Å². The number of aromatic nitrogens is 2. The third kappa shape index (κ3) is 1.67. The molecule has 2 heterocycles. The molecular formula is C13H7N3S. The van der Waals surface area contributed by atoms with Gasteiger partial charge in [-0.1, -0.05) is 18.2 Å². The maximum absolute atomic E-state index is 9.12. The van der Waals surface area contributed by atoms with Crippen LogP contribution in [0.4, 0.5) is 0 Å². The van der Waals surface area contributed by atoms with Crippen LogP contribution >= 0.6 is 11.3 Å². The average molecular weight is 237 g/mol. The Bertz CT molecular complexity index is 711. The molecule has 0 spiro atoms. The van der Waals surface area contributed by atoms with Gasteiger partial charge < -0.3 is 0 Å². The molecule has 0 amide bonds. The number of nitriles is 1. The van der Waals surface area contributed by atoms with Gasteiger partial charge in [-0.3, -0.25) is 0 Å². The molecule has 3 rings (SSSR count). The summed E-state index contributed by atoms with van der Waals surface area (Å²) in [6, 6.07) is 13.6. The number of fused-ring (bicyclic) bond motifs is 1. The minimum absolute atomic E-state index is 0.430. The number of para-hydroxylation sites is 1. The molecule has 0 unspecified atom stereocenters. The second-order valence-corrected chi connectivity index (χ2v) is 4.45. The lowest BCUT2D eigenvalue weighted by molar-refractivity contribution is 1.21. The van der Waals surface area contributed by atoms with Crippen LogP contribution in [-0.4, -0.2) is 9.97 Å². The van der Waals surface area contributed by atoms with Gasteiger partial charge in [0.05, 0.1) is 10.4 Å². The summed E-state index contributed by atoms with van der Waals surface area (Å²) in [5.41, 5.74) is 1.24. The molecular weight excluding hydrogens is 230 g/mol. The van der Waals surface area contributed by atoms with E-state index >= 15 is 0 Å². The van der Waals surface area contributed by atoms with Crippen LogP contribution in [0.25, 0.3) is 21.6 Å². The molecule has 0 fully saturated rings. The lowest BCUT2D eigenvalue weighted by Crippen LogP contribution is -1.93. The predicted molar refractivity (Wildman–Crippen MR) is 67.6 cm³/mol. The highest BCUT2D eigenvalue weighted by molar-refractivity contribution is 7.13. The Morgan fingerprint density at radius 3 is 2.71 bits per heavy atom. The molecule has 0 aliphatic rings. The van der Waals surface area contributed by atoms with E-state index in [1.54, 1.807) is 11.3 Å². The number of nitrogens with zero attached hydrogens (tertiary/aromatic N) is 3. The third-order valence-electron chi connectivity index (χ3n) is 2.45. The first-order valence-electron chi connectivity index (χ1n) is 5.09. The second kappa shape index (κ2) is 3.96. The largest absolute Gasteiger partial charge is 0.227 e. The predicted octanol–water partition coefficient (Wildman–Crippen LogP) is 3.23. The van der Waals surface area contributed by atoms with Crippen molar-refractivity contribution in [3.8, 4) is 16.8 Å². The van der Waals surface area contributed by atoms with Crippen LogP contribution in [0.3, 0.4) is 0 Å². The summed E-state index contributed by atoms with van der Waals surface area (Å²) in [6.07, 6.45) is 0. The van der Waals surface area contributed by atoms with Gasteiger partial charge in [0, 0.05) is 5.39 Å². The van der Waals surface area contributed by atoms with Crippen LogP contribution in [0.5, 0.6) is 0 Å². The van der Waals surface area contributed by atoms with E-state index in [1.807, 2.05) is 41.8 Å². The first-order chi connectivity index (χ1) is 8.38. The standard InChI is InChI=1S/C13H7N3S/c14-8-11-9-4-1-2-5-10(9)15-13(16-11)12-6-3-7-17-12/h1-7H. The zero-order valence-corrected chi connectivity index (χ0v) is 9.61. The Balaban J connectivity index is 2.33. The summed E-state index contributed by atoms with van der Waals surface area (Å²) in [6.45, 7) is 0. The van der Waals surface area contributed by atoms with Gasteiger partial charge in [0.2, 0.25) is 0 Å². The van der Waals surface area contributed by atoms with Crippen molar-refractivity contribution < 1.29 is 0 Å². The molecule has 0 radical (unpaired) electrons. The van der Waals surface area contributed by atoms with Crippen LogP contribution in [0.15, 0.2) is 41.8 Å². The van der Waals surface area contributed by atoms with E-state index in [2.05, 4.69) is 16.0 Å². The average Bonchev–Trinajstić information content (AvgIpc) is 2.91. The van der Waals surface area contributed by atoms with Crippen molar-refractivity contribution in [2.45, 2.75) is 0 Å². The van der Waals surface area contributed by atoms with E-state index in [-0.39, 0.29) is 0 Å². The highest BCUT2D eigenvalue weighted by Gasteiger charge is 2.08. The quantitative estimate of drug-likeness (QED) is 0.652. The summed E-state index contributed by atoms with van der Waals surface area (Å²) in [5, 5.41) is 11.9. The fourth-order valence-electron chi connectivity index (χ4n) is 1.68. The Kier molecular flexibility index (Phi) is 2.32. The molecule has 3 nitrogen and oxygen atoms in total. The van der Waals surface area contributed by atoms with Crippen molar-refractivity contribution in [3.05, 3.63) is 47.5 Å². The molecule has 4 heteroatoms. The summed E-state index contributed by atoms with van der Waals surface area (Å²) in [7, 11) is 0. The van der Waals surface area contributed by atoms with E-state index in [0.29, 0.717) is 11.5 Å². The number of hydrogen-bond acceptors (Lipinski definition) is 4. The highest BCUT2D eigenvalue weighted by atomic mass is 32.1. The highest BCUT2D eigenvalue weighted by Crippen LogP contribution is 2.24. The van der Waals surface area contributed by atoms with Crippen molar-refractivity contribution in [3.63, 3.8) is 0 Å². The molecule has 3 aromatic rings. The fourth-order valence-corrected chi connectivity index (χ4v) is 2.34. The minimum atomic E-state index is 0.430. The van der Waals surface area contributed by atoms with Gasteiger partial charge in [-0.15, -0.1) is 11.3 Å². The Morgan fingerprint density at radius 1 is 1.06 bits per heavy atom. The first-order valence-corrected chi connectivity index (χ1v) is 5.97. The van der Waals surface area contributed by atoms with Gasteiger partial charge in [-0.05, 0) is 23.6 Å². The van der Waals surface area contributed by atoms with Gasteiger partial charge >= 0.3 is 0 Å². The van der Waals surface area contributed by atoms with Gasteiger partial charge in [0.1, 0.15) is 6.07 Å². The van der Waals surface area contributed by atoms with Gasteiger partial charge in [-0.2, -0.15) is 5.26 Å². The summed E-state index contributed by atoms with van der Waals surface area (Å²) >= 11 is 1.57. The van der Waals surface area contributed by atoms with Crippen molar-refractivity contribution in [1.29, 1.82) is 5.26 Å². The topological polar surface area (TPSA) is 49.6 Å². The molecule has 0 aliphatic carbocycles. The number of hydrogen-bond donors (Lipinski definition) is 0. The zero-order chi connectivity index (χ0) is 11.7. The smallest absolute Gasteiger partial charge is 0.171 e. The Labute approximate surface area is 102 Å². The van der Waals surface area contributed by atoms with E-state index in [1.165, 1.54) is 0 Å². The van der Waals surface area contributed by atoms with E-state index < -0.39 is 0 Å². The maximum atomic E-state index is 9.12. The Hall–Kier alpha value is -2.25. The number of benzene rings is 1. The molecule has 2 aromatic heterocycles. The SMILES string of the molecule is N#Cc1nc(-c2cccs2)nc2ccccc12. The van der Waals surface area contributed by atoms with Gasteiger partial charge in [-0.25, -0.2) is 9.97 Å². The molecule has 0 saturated carbocycles. The van der Waals surface area contributed by atoms with Crippen LogP contribution in [0, 0.1) is 11.3 Å². The fraction of sp³-hybridized carbons (Fsp3) is 0. The molecule has 17 heavy (non-hydrogen) atoms. The van der Waals surface area contributed by atoms with Crippen LogP contribution in [-0.2, 0) is 0 Å². The van der Waals surface area contributed by atoms with Crippen LogP contribution in [0.1, 0.15) is 5.69 Å². The van der Waals surface area contributed by atoms with Crippen molar-refractivity contribution in [2.75, 3.05) is 0 Å². The molecule has 0 aliphatic heterocycles. The molecule has 0 atom stereocenters. The molecule has 0 N–H and O–H groups in total. The van der Waals surface area contributed by atoms with Gasteiger partial charge in [0.15, 0.2) is 11.5 Å². The molecule has 80 valence electrons. The van der Waals surface area contributed by atoms with Crippen molar-refractivity contribution in [1.82, 2.24) is 9.97 Å². The summed E-state index contributed by atoms with van der Waals surface area (Å²) in [5.74, 6) is 0.621. The monoisotopic (exact) mass is 237 g/mol. The first kappa shape index (κ1) is 9.94.